The number of pyridine rings is 1. The summed E-state index contributed by atoms with van der Waals surface area (Å²) in [4.78, 5) is 26.2. The van der Waals surface area contributed by atoms with Gasteiger partial charge in [-0.25, -0.2) is 4.98 Å². The van der Waals surface area contributed by atoms with Gasteiger partial charge >= 0.3 is 0 Å². The minimum atomic E-state index is 0.0221. The first-order chi connectivity index (χ1) is 9.65. The summed E-state index contributed by atoms with van der Waals surface area (Å²) in [5, 5.41) is 0. The second kappa shape index (κ2) is 5.07. The molecule has 0 spiro atoms. The van der Waals surface area contributed by atoms with E-state index in [0.717, 1.165) is 30.0 Å². The number of aromatic amines is 1. The van der Waals surface area contributed by atoms with Crippen molar-refractivity contribution in [2.45, 2.75) is 26.2 Å². The maximum Gasteiger partial charge on any atom is 0.272 e. The summed E-state index contributed by atoms with van der Waals surface area (Å²) in [5.41, 5.74) is 2.55. The Morgan fingerprint density at radius 1 is 1.40 bits per heavy atom. The molecule has 5 nitrogen and oxygen atoms in total. The SMILES string of the molecule is Cc1cnc([C@H]2CCN(C(=O)c3ncccc3C)C2)[nH]1. The molecule has 0 aromatic carbocycles. The Balaban J connectivity index is 1.74. The third-order valence-electron chi connectivity index (χ3n) is 3.80. The lowest BCUT2D eigenvalue weighted by molar-refractivity contribution is 0.0784. The zero-order valence-electron chi connectivity index (χ0n) is 11.8. The normalized spacial score (nSPS) is 18.5. The highest BCUT2D eigenvalue weighted by Crippen LogP contribution is 2.26. The number of rotatable bonds is 2. The van der Waals surface area contributed by atoms with Crippen molar-refractivity contribution in [2.75, 3.05) is 13.1 Å². The van der Waals surface area contributed by atoms with Crippen LogP contribution in [0.4, 0.5) is 0 Å². The highest BCUT2D eigenvalue weighted by Gasteiger charge is 2.30. The molecule has 3 heterocycles. The Hall–Kier alpha value is -2.17. The summed E-state index contributed by atoms with van der Waals surface area (Å²) < 4.78 is 0. The van der Waals surface area contributed by atoms with Crippen molar-refractivity contribution >= 4 is 5.91 Å². The lowest BCUT2D eigenvalue weighted by Crippen LogP contribution is -2.29. The van der Waals surface area contributed by atoms with E-state index < -0.39 is 0 Å². The number of nitrogens with one attached hydrogen (secondary N) is 1. The van der Waals surface area contributed by atoms with Crippen molar-refractivity contribution in [2.24, 2.45) is 0 Å². The van der Waals surface area contributed by atoms with Crippen LogP contribution in [0.3, 0.4) is 0 Å². The van der Waals surface area contributed by atoms with Gasteiger partial charge in [0.05, 0.1) is 0 Å². The van der Waals surface area contributed by atoms with Gasteiger partial charge in [-0.05, 0) is 31.9 Å². The van der Waals surface area contributed by atoms with Gasteiger partial charge < -0.3 is 9.88 Å². The number of H-pyrrole nitrogens is 1. The van der Waals surface area contributed by atoms with Gasteiger partial charge in [0.25, 0.3) is 5.91 Å². The molecule has 1 amide bonds. The highest BCUT2D eigenvalue weighted by atomic mass is 16.2. The number of likely N-dealkylation sites (tertiary alicyclic amines) is 1. The fraction of sp³-hybridized carbons (Fsp3) is 0.400. The number of nitrogens with zero attached hydrogens (tertiary/aromatic N) is 3. The molecular weight excluding hydrogens is 252 g/mol. The largest absolute Gasteiger partial charge is 0.346 e. The average Bonchev–Trinajstić information content (AvgIpc) is 3.07. The predicted octanol–water partition coefficient (Wildman–Crippen LogP) is 2.05. The first-order valence-corrected chi connectivity index (χ1v) is 6.87. The molecule has 1 aliphatic heterocycles. The third-order valence-corrected chi connectivity index (χ3v) is 3.80. The van der Waals surface area contributed by atoms with Gasteiger partial charge in [0.2, 0.25) is 0 Å². The monoisotopic (exact) mass is 270 g/mol. The van der Waals surface area contributed by atoms with Crippen LogP contribution in [0, 0.1) is 13.8 Å². The van der Waals surface area contributed by atoms with Crippen molar-refractivity contribution in [3.05, 3.63) is 47.3 Å². The van der Waals surface area contributed by atoms with E-state index in [1.54, 1.807) is 6.20 Å². The molecule has 0 unspecified atom stereocenters. The molecule has 0 bridgehead atoms. The second-order valence-corrected chi connectivity index (χ2v) is 5.36. The zero-order chi connectivity index (χ0) is 14.1. The van der Waals surface area contributed by atoms with Gasteiger partial charge in [-0.3, -0.25) is 9.78 Å². The molecule has 5 heteroatoms. The predicted molar refractivity (Wildman–Crippen MR) is 75.6 cm³/mol. The fourth-order valence-electron chi connectivity index (χ4n) is 2.67. The molecule has 2 aromatic heterocycles. The molecule has 0 aliphatic carbocycles. The number of carbonyl (C=O) groups is 1. The van der Waals surface area contributed by atoms with E-state index in [2.05, 4.69) is 15.0 Å². The maximum absolute atomic E-state index is 12.5. The minimum Gasteiger partial charge on any atom is -0.346 e. The summed E-state index contributed by atoms with van der Waals surface area (Å²) in [6.07, 6.45) is 4.46. The fourth-order valence-corrected chi connectivity index (χ4v) is 2.67. The van der Waals surface area contributed by atoms with Crippen LogP contribution < -0.4 is 0 Å². The number of aryl methyl sites for hydroxylation is 2. The molecule has 1 atom stereocenters. The van der Waals surface area contributed by atoms with E-state index >= 15 is 0 Å². The van der Waals surface area contributed by atoms with Crippen molar-refractivity contribution in [3.8, 4) is 0 Å². The Bertz CT molecular complexity index is 634. The maximum atomic E-state index is 12.5. The molecule has 1 aliphatic rings. The van der Waals surface area contributed by atoms with Crippen molar-refractivity contribution < 1.29 is 4.79 Å². The van der Waals surface area contributed by atoms with Gasteiger partial charge in [0.15, 0.2) is 0 Å². The van der Waals surface area contributed by atoms with Gasteiger partial charge in [-0.1, -0.05) is 6.07 Å². The lowest BCUT2D eigenvalue weighted by atomic mass is 10.1. The summed E-state index contributed by atoms with van der Waals surface area (Å²) in [6.45, 7) is 5.39. The van der Waals surface area contributed by atoms with Gasteiger partial charge in [-0.2, -0.15) is 0 Å². The second-order valence-electron chi connectivity index (χ2n) is 5.36. The number of hydrogen-bond acceptors (Lipinski definition) is 3. The van der Waals surface area contributed by atoms with E-state index in [-0.39, 0.29) is 5.91 Å². The van der Waals surface area contributed by atoms with E-state index in [9.17, 15) is 4.79 Å². The van der Waals surface area contributed by atoms with Crippen LogP contribution in [0.25, 0.3) is 0 Å². The Morgan fingerprint density at radius 2 is 2.25 bits per heavy atom. The first-order valence-electron chi connectivity index (χ1n) is 6.87. The molecule has 0 saturated carbocycles. The van der Waals surface area contributed by atoms with Crippen LogP contribution in [0.2, 0.25) is 0 Å². The van der Waals surface area contributed by atoms with Gasteiger partial charge in [-0.15, -0.1) is 0 Å². The van der Waals surface area contributed by atoms with E-state index in [0.29, 0.717) is 18.2 Å². The summed E-state index contributed by atoms with van der Waals surface area (Å²) in [7, 11) is 0. The van der Waals surface area contributed by atoms with E-state index in [1.807, 2.05) is 37.1 Å². The van der Waals surface area contributed by atoms with E-state index in [1.165, 1.54) is 0 Å². The quantitative estimate of drug-likeness (QED) is 0.908. The Kier molecular flexibility index (Phi) is 3.26. The van der Waals surface area contributed by atoms with Crippen LogP contribution in [0.5, 0.6) is 0 Å². The Labute approximate surface area is 118 Å². The van der Waals surface area contributed by atoms with Gasteiger partial charge in [0, 0.05) is 37.1 Å². The smallest absolute Gasteiger partial charge is 0.272 e. The Morgan fingerprint density at radius 3 is 2.95 bits per heavy atom. The van der Waals surface area contributed by atoms with Crippen molar-refractivity contribution in [1.29, 1.82) is 0 Å². The number of hydrogen-bond donors (Lipinski definition) is 1. The summed E-state index contributed by atoms with van der Waals surface area (Å²) >= 11 is 0. The molecule has 1 fully saturated rings. The number of amides is 1. The van der Waals surface area contributed by atoms with E-state index in [4.69, 9.17) is 0 Å². The molecule has 0 radical (unpaired) electrons. The summed E-state index contributed by atoms with van der Waals surface area (Å²) in [6, 6.07) is 3.77. The molecule has 1 N–H and O–H groups in total. The van der Waals surface area contributed by atoms with Crippen LogP contribution in [0.15, 0.2) is 24.5 Å². The van der Waals surface area contributed by atoms with Crippen molar-refractivity contribution in [3.63, 3.8) is 0 Å². The molecule has 1 saturated heterocycles. The third kappa shape index (κ3) is 2.31. The first kappa shape index (κ1) is 12.8. The van der Waals surface area contributed by atoms with Crippen LogP contribution in [0.1, 0.15) is 39.9 Å². The average molecular weight is 270 g/mol. The number of aromatic nitrogens is 3. The van der Waals surface area contributed by atoms with Gasteiger partial charge in [0.1, 0.15) is 11.5 Å². The number of imidazole rings is 1. The highest BCUT2D eigenvalue weighted by molar-refractivity contribution is 5.93. The number of carbonyl (C=O) groups excluding carboxylic acids is 1. The van der Waals surface area contributed by atoms with Crippen LogP contribution in [-0.4, -0.2) is 38.8 Å². The zero-order valence-corrected chi connectivity index (χ0v) is 11.8. The standard InChI is InChI=1S/C15H18N4O/c1-10-4-3-6-16-13(10)15(20)19-7-5-12(9-19)14-17-8-11(2)18-14/h3-4,6,8,12H,5,7,9H2,1-2H3,(H,17,18)/t12-/m0/s1. The minimum absolute atomic E-state index is 0.0221. The molecule has 20 heavy (non-hydrogen) atoms. The summed E-state index contributed by atoms with van der Waals surface area (Å²) in [5.74, 6) is 1.31. The molecule has 2 aromatic rings. The molecular formula is C15H18N4O. The molecule has 3 rings (SSSR count). The van der Waals surface area contributed by atoms with Crippen molar-refractivity contribution in [1.82, 2.24) is 19.9 Å². The van der Waals surface area contributed by atoms with Crippen LogP contribution >= 0.6 is 0 Å². The molecule has 104 valence electrons. The lowest BCUT2D eigenvalue weighted by Gasteiger charge is -2.16. The topological polar surface area (TPSA) is 61.9 Å². The van der Waals surface area contributed by atoms with Crippen LogP contribution in [-0.2, 0) is 0 Å².